The van der Waals surface area contributed by atoms with Gasteiger partial charge in [-0.3, -0.25) is 4.79 Å². The van der Waals surface area contributed by atoms with Gasteiger partial charge >= 0.3 is 0 Å². The molecule has 0 bridgehead atoms. The van der Waals surface area contributed by atoms with Crippen LogP contribution in [0.2, 0.25) is 0 Å². The lowest BCUT2D eigenvalue weighted by Gasteiger charge is -2.18. The van der Waals surface area contributed by atoms with E-state index in [1.165, 1.54) is 5.56 Å². The summed E-state index contributed by atoms with van der Waals surface area (Å²) in [7, 11) is 0. The fourth-order valence-electron chi connectivity index (χ4n) is 1.78. The largest absolute Gasteiger partial charge is 0.352 e. The van der Waals surface area contributed by atoms with E-state index < -0.39 is 0 Å². The molecule has 1 aromatic heterocycles. The van der Waals surface area contributed by atoms with Crippen LogP contribution in [0.5, 0.6) is 0 Å². The number of nitrogens with two attached hydrogens (primary N) is 1. The molecule has 1 rings (SSSR count). The molecule has 0 spiro atoms. The first-order chi connectivity index (χ1) is 8.11. The van der Waals surface area contributed by atoms with E-state index in [0.29, 0.717) is 18.9 Å². The van der Waals surface area contributed by atoms with E-state index >= 15 is 0 Å². The smallest absolute Gasteiger partial charge is 0.220 e. The van der Waals surface area contributed by atoms with E-state index in [9.17, 15) is 4.79 Å². The maximum atomic E-state index is 11.7. The van der Waals surface area contributed by atoms with Crippen LogP contribution >= 0.6 is 23.7 Å². The highest BCUT2D eigenvalue weighted by Gasteiger charge is 2.12. The van der Waals surface area contributed by atoms with Crippen molar-refractivity contribution in [2.24, 2.45) is 11.7 Å². The summed E-state index contributed by atoms with van der Waals surface area (Å²) in [5, 5.41) is 7.12. The summed E-state index contributed by atoms with van der Waals surface area (Å²) in [6.45, 7) is 4.79. The van der Waals surface area contributed by atoms with Crippen LogP contribution in [-0.2, 0) is 11.2 Å². The fourth-order valence-corrected chi connectivity index (χ4v) is 2.48. The van der Waals surface area contributed by atoms with Gasteiger partial charge in [-0.2, -0.15) is 11.3 Å². The first kappa shape index (κ1) is 17.4. The van der Waals surface area contributed by atoms with Crippen LogP contribution in [0.15, 0.2) is 16.8 Å². The normalized spacial score (nSPS) is 12.0. The molecule has 5 heteroatoms. The van der Waals surface area contributed by atoms with Gasteiger partial charge in [0.2, 0.25) is 5.91 Å². The Hall–Kier alpha value is -0.580. The lowest BCUT2D eigenvalue weighted by molar-refractivity contribution is -0.121. The SMILES string of the molecule is CC(C)CC(CN)NC(=O)CCc1ccsc1.Cl. The second kappa shape index (κ2) is 9.36. The van der Waals surface area contributed by atoms with Crippen LogP contribution in [-0.4, -0.2) is 18.5 Å². The minimum atomic E-state index is 0. The maximum Gasteiger partial charge on any atom is 0.220 e. The number of thiophene rings is 1. The fraction of sp³-hybridized carbons (Fsp3) is 0.615. The molecule has 1 unspecified atom stereocenters. The van der Waals surface area contributed by atoms with Gasteiger partial charge in [-0.25, -0.2) is 0 Å². The van der Waals surface area contributed by atoms with E-state index in [1.807, 2.05) is 5.38 Å². The molecule has 3 N–H and O–H groups in total. The van der Waals surface area contributed by atoms with Gasteiger partial charge in [0.05, 0.1) is 0 Å². The average Bonchev–Trinajstić information content (AvgIpc) is 2.77. The Balaban J connectivity index is 0.00000289. The summed E-state index contributed by atoms with van der Waals surface area (Å²) in [5.74, 6) is 0.660. The zero-order valence-corrected chi connectivity index (χ0v) is 12.7. The van der Waals surface area contributed by atoms with Crippen molar-refractivity contribution in [1.82, 2.24) is 5.32 Å². The molecular formula is C13H23ClN2OS. The van der Waals surface area contributed by atoms with Crippen LogP contribution in [0, 0.1) is 5.92 Å². The number of halogens is 1. The van der Waals surface area contributed by atoms with Crippen molar-refractivity contribution >= 4 is 29.7 Å². The van der Waals surface area contributed by atoms with Gasteiger partial charge in [0.25, 0.3) is 0 Å². The number of hydrogen-bond acceptors (Lipinski definition) is 3. The zero-order chi connectivity index (χ0) is 12.7. The van der Waals surface area contributed by atoms with Crippen molar-refractivity contribution < 1.29 is 4.79 Å². The number of rotatable bonds is 7. The predicted octanol–water partition coefficient (Wildman–Crippen LogP) is 2.59. The highest BCUT2D eigenvalue weighted by atomic mass is 35.5. The highest BCUT2D eigenvalue weighted by Crippen LogP contribution is 2.09. The van der Waals surface area contributed by atoms with Crippen LogP contribution in [0.1, 0.15) is 32.3 Å². The Morgan fingerprint density at radius 1 is 1.50 bits per heavy atom. The molecule has 0 fully saturated rings. The standard InChI is InChI=1S/C13H22N2OS.ClH/c1-10(2)7-12(8-14)15-13(16)4-3-11-5-6-17-9-11;/h5-6,9-10,12H,3-4,7-8,14H2,1-2H3,(H,15,16);1H. The van der Waals surface area contributed by atoms with Gasteiger partial charge < -0.3 is 11.1 Å². The molecule has 1 aromatic rings. The third-order valence-corrected chi connectivity index (χ3v) is 3.36. The second-order valence-electron chi connectivity index (χ2n) is 4.76. The Morgan fingerprint density at radius 3 is 2.72 bits per heavy atom. The van der Waals surface area contributed by atoms with Crippen LogP contribution < -0.4 is 11.1 Å². The summed E-state index contributed by atoms with van der Waals surface area (Å²) < 4.78 is 0. The summed E-state index contributed by atoms with van der Waals surface area (Å²) >= 11 is 1.67. The molecule has 0 aliphatic carbocycles. The Kier molecular flexibility index (Phi) is 9.06. The molecule has 1 amide bonds. The second-order valence-corrected chi connectivity index (χ2v) is 5.54. The molecule has 104 valence electrons. The third kappa shape index (κ3) is 6.99. The lowest BCUT2D eigenvalue weighted by atomic mass is 10.0. The first-order valence-corrected chi connectivity index (χ1v) is 7.06. The van der Waals surface area contributed by atoms with Gasteiger partial charge in [0.15, 0.2) is 0 Å². The number of aryl methyl sites for hydroxylation is 1. The molecule has 0 saturated carbocycles. The third-order valence-electron chi connectivity index (χ3n) is 2.63. The minimum Gasteiger partial charge on any atom is -0.352 e. The van der Waals surface area contributed by atoms with Gasteiger partial charge in [-0.05, 0) is 41.1 Å². The van der Waals surface area contributed by atoms with E-state index in [0.717, 1.165) is 12.8 Å². The number of carbonyl (C=O) groups excluding carboxylic acids is 1. The van der Waals surface area contributed by atoms with Crippen molar-refractivity contribution in [3.8, 4) is 0 Å². The zero-order valence-electron chi connectivity index (χ0n) is 11.0. The maximum absolute atomic E-state index is 11.7. The Bertz CT molecular complexity index is 328. The molecule has 0 aromatic carbocycles. The molecule has 1 heterocycles. The molecule has 0 saturated heterocycles. The monoisotopic (exact) mass is 290 g/mol. The topological polar surface area (TPSA) is 55.1 Å². The highest BCUT2D eigenvalue weighted by molar-refractivity contribution is 7.07. The minimum absolute atomic E-state index is 0. The van der Waals surface area contributed by atoms with Crippen molar-refractivity contribution in [3.05, 3.63) is 22.4 Å². The van der Waals surface area contributed by atoms with E-state index in [4.69, 9.17) is 5.73 Å². The van der Waals surface area contributed by atoms with Crippen LogP contribution in [0.25, 0.3) is 0 Å². The molecule has 3 nitrogen and oxygen atoms in total. The lowest BCUT2D eigenvalue weighted by Crippen LogP contribution is -2.41. The van der Waals surface area contributed by atoms with Crippen molar-refractivity contribution in [2.45, 2.75) is 39.2 Å². The molecule has 1 atom stereocenters. The van der Waals surface area contributed by atoms with Crippen LogP contribution in [0.4, 0.5) is 0 Å². The van der Waals surface area contributed by atoms with E-state index in [-0.39, 0.29) is 24.4 Å². The van der Waals surface area contributed by atoms with Gasteiger partial charge in [0, 0.05) is 19.0 Å². The summed E-state index contributed by atoms with van der Waals surface area (Å²) in [6, 6.07) is 2.18. The summed E-state index contributed by atoms with van der Waals surface area (Å²) in [4.78, 5) is 11.7. The number of carbonyl (C=O) groups is 1. The van der Waals surface area contributed by atoms with Crippen molar-refractivity contribution in [1.29, 1.82) is 0 Å². The molecule has 0 aliphatic rings. The van der Waals surface area contributed by atoms with E-state index in [1.54, 1.807) is 11.3 Å². The summed E-state index contributed by atoms with van der Waals surface area (Å²) in [6.07, 6.45) is 2.31. The number of amides is 1. The van der Waals surface area contributed by atoms with Gasteiger partial charge in [-0.15, -0.1) is 12.4 Å². The van der Waals surface area contributed by atoms with Crippen LogP contribution in [0.3, 0.4) is 0 Å². The first-order valence-electron chi connectivity index (χ1n) is 6.12. The average molecular weight is 291 g/mol. The Labute approximate surface area is 120 Å². The van der Waals surface area contributed by atoms with Gasteiger partial charge in [0.1, 0.15) is 0 Å². The number of nitrogens with one attached hydrogen (secondary N) is 1. The predicted molar refractivity (Wildman–Crippen MR) is 80.3 cm³/mol. The van der Waals surface area contributed by atoms with E-state index in [2.05, 4.69) is 30.6 Å². The Morgan fingerprint density at radius 2 is 2.22 bits per heavy atom. The molecular weight excluding hydrogens is 268 g/mol. The molecule has 18 heavy (non-hydrogen) atoms. The molecule has 0 radical (unpaired) electrons. The van der Waals surface area contributed by atoms with Gasteiger partial charge in [-0.1, -0.05) is 13.8 Å². The quantitative estimate of drug-likeness (QED) is 0.811. The summed E-state index contributed by atoms with van der Waals surface area (Å²) in [5.41, 5.74) is 6.88. The molecule has 0 aliphatic heterocycles. The van der Waals surface area contributed by atoms with Crippen molar-refractivity contribution in [3.63, 3.8) is 0 Å². The van der Waals surface area contributed by atoms with Crippen molar-refractivity contribution in [2.75, 3.05) is 6.54 Å². The number of hydrogen-bond donors (Lipinski definition) is 2.